The van der Waals surface area contributed by atoms with Crippen molar-refractivity contribution in [1.29, 1.82) is 0 Å². The SMILES string of the molecule is C[C@@H](Oc1cc(-c2cnn(C3CCN(CCC4CCN(c5ccc6c(c5)CN(C5CCC(=O)NC5=O)C6=O)CC4)CC3)c2)cnc1N)c1cc(F)ccc1-n1nccn1. The van der Waals surface area contributed by atoms with Crippen LogP contribution < -0.4 is 20.7 Å². The number of hydrogen-bond acceptors (Lipinski definition) is 11. The minimum absolute atomic E-state index is 0.135. The molecule has 1 unspecified atom stereocenters. The second-order valence-corrected chi connectivity index (χ2v) is 16.1. The van der Waals surface area contributed by atoms with E-state index in [9.17, 15) is 18.8 Å². The number of hydrogen-bond donors (Lipinski definition) is 2. The van der Waals surface area contributed by atoms with Crippen molar-refractivity contribution in [3.05, 3.63) is 96.0 Å². The lowest BCUT2D eigenvalue weighted by Crippen LogP contribution is -2.52. The summed E-state index contributed by atoms with van der Waals surface area (Å²) in [7, 11) is 0. The fourth-order valence-electron chi connectivity index (χ4n) is 9.03. The minimum Gasteiger partial charge on any atom is -0.482 e. The molecule has 3 saturated heterocycles. The molecule has 7 heterocycles. The summed E-state index contributed by atoms with van der Waals surface area (Å²) in [4.78, 5) is 49.7. The molecule has 3 aromatic heterocycles. The normalized spacial score (nSPS) is 19.9. The number of aromatic nitrogens is 6. The predicted octanol–water partition coefficient (Wildman–Crippen LogP) is 5.09. The van der Waals surface area contributed by atoms with E-state index in [1.165, 1.54) is 23.4 Å². The summed E-state index contributed by atoms with van der Waals surface area (Å²) in [6, 6.07) is 12.0. The van der Waals surface area contributed by atoms with Crippen LogP contribution in [0.3, 0.4) is 0 Å². The lowest BCUT2D eigenvalue weighted by molar-refractivity contribution is -0.136. The van der Waals surface area contributed by atoms with Crippen LogP contribution in [0.1, 0.15) is 85.5 Å². The average molecular weight is 802 g/mol. The first kappa shape index (κ1) is 38.4. The maximum atomic E-state index is 14.3. The van der Waals surface area contributed by atoms with Crippen molar-refractivity contribution in [2.45, 2.75) is 76.6 Å². The van der Waals surface area contributed by atoms with Crippen molar-refractivity contribution < 1.29 is 23.5 Å². The Labute approximate surface area is 341 Å². The lowest BCUT2D eigenvalue weighted by Gasteiger charge is -2.36. The monoisotopic (exact) mass is 801 g/mol. The van der Waals surface area contributed by atoms with E-state index in [0.717, 1.165) is 80.8 Å². The number of nitrogens with one attached hydrogen (secondary N) is 1. The number of imide groups is 1. The van der Waals surface area contributed by atoms with Crippen molar-refractivity contribution in [2.24, 2.45) is 5.92 Å². The van der Waals surface area contributed by atoms with Gasteiger partial charge in [0.25, 0.3) is 5.91 Å². The number of carbonyl (C=O) groups is 3. The first-order valence-electron chi connectivity index (χ1n) is 20.5. The van der Waals surface area contributed by atoms with E-state index >= 15 is 0 Å². The number of nitrogens with zero attached hydrogens (tertiary/aromatic N) is 9. The first-order chi connectivity index (χ1) is 28.7. The van der Waals surface area contributed by atoms with E-state index in [0.29, 0.717) is 47.5 Å². The Kier molecular flexibility index (Phi) is 10.6. The van der Waals surface area contributed by atoms with E-state index in [4.69, 9.17) is 15.6 Å². The second-order valence-electron chi connectivity index (χ2n) is 16.1. The Morgan fingerprint density at radius 2 is 1.71 bits per heavy atom. The molecule has 2 atom stereocenters. The van der Waals surface area contributed by atoms with Gasteiger partial charge in [-0.25, -0.2) is 9.37 Å². The molecule has 0 saturated carbocycles. The van der Waals surface area contributed by atoms with Gasteiger partial charge in [-0.15, -0.1) is 0 Å². The van der Waals surface area contributed by atoms with Gasteiger partial charge in [-0.3, -0.25) is 24.4 Å². The Hall–Kier alpha value is -6.16. The third kappa shape index (κ3) is 8.00. The number of fused-ring (bicyclic) bond motifs is 1. The number of halogens is 1. The summed E-state index contributed by atoms with van der Waals surface area (Å²) >= 11 is 0. The molecule has 3 N–H and O–H groups in total. The second kappa shape index (κ2) is 16.2. The molecule has 59 heavy (non-hydrogen) atoms. The summed E-state index contributed by atoms with van der Waals surface area (Å²) < 4.78 is 22.7. The van der Waals surface area contributed by atoms with Crippen molar-refractivity contribution in [3.8, 4) is 22.6 Å². The highest BCUT2D eigenvalue weighted by molar-refractivity contribution is 6.05. The minimum atomic E-state index is -0.599. The molecule has 0 bridgehead atoms. The van der Waals surface area contributed by atoms with Crippen molar-refractivity contribution in [3.63, 3.8) is 0 Å². The zero-order chi connectivity index (χ0) is 40.6. The molecular weight excluding hydrogens is 754 g/mol. The number of piperidine rings is 3. The third-order valence-corrected chi connectivity index (χ3v) is 12.5. The number of carbonyl (C=O) groups excluding carboxylic acids is 3. The average Bonchev–Trinajstić information content (AvgIpc) is 4.03. The number of pyridine rings is 1. The molecule has 4 aliphatic rings. The van der Waals surface area contributed by atoms with Crippen LogP contribution in [0.25, 0.3) is 16.8 Å². The van der Waals surface area contributed by atoms with Crippen molar-refractivity contribution >= 4 is 29.2 Å². The number of ether oxygens (including phenoxy) is 1. The van der Waals surface area contributed by atoms with Crippen LogP contribution in [0.15, 0.2) is 73.4 Å². The van der Waals surface area contributed by atoms with Crippen LogP contribution in [-0.4, -0.2) is 96.0 Å². The van der Waals surface area contributed by atoms with Crippen molar-refractivity contribution in [1.82, 2.24) is 44.9 Å². The molecule has 2 aromatic carbocycles. The van der Waals surface area contributed by atoms with Gasteiger partial charge in [0.1, 0.15) is 18.0 Å². The van der Waals surface area contributed by atoms with Crippen LogP contribution in [-0.2, 0) is 16.1 Å². The van der Waals surface area contributed by atoms with E-state index in [1.807, 2.05) is 31.3 Å². The van der Waals surface area contributed by atoms with Crippen LogP contribution >= 0.6 is 0 Å². The summed E-state index contributed by atoms with van der Waals surface area (Å²) in [5.41, 5.74) is 11.9. The van der Waals surface area contributed by atoms with Gasteiger partial charge in [0, 0.05) is 79.5 Å². The molecule has 15 nitrogen and oxygen atoms in total. The number of nitrogen functional groups attached to an aromatic ring is 1. The zero-order valence-electron chi connectivity index (χ0n) is 33.0. The fourth-order valence-corrected chi connectivity index (χ4v) is 9.03. The highest BCUT2D eigenvalue weighted by Crippen LogP contribution is 2.35. The van der Waals surface area contributed by atoms with Gasteiger partial charge in [-0.05, 0) is 106 Å². The molecule has 0 spiro atoms. The van der Waals surface area contributed by atoms with Crippen LogP contribution in [0.5, 0.6) is 5.75 Å². The molecule has 0 radical (unpaired) electrons. The van der Waals surface area contributed by atoms with E-state index in [2.05, 4.69) is 47.2 Å². The van der Waals surface area contributed by atoms with Gasteiger partial charge >= 0.3 is 0 Å². The van der Waals surface area contributed by atoms with Gasteiger partial charge in [-0.1, -0.05) is 0 Å². The molecular formula is C43H48FN11O4. The Morgan fingerprint density at radius 1 is 0.915 bits per heavy atom. The highest BCUT2D eigenvalue weighted by Gasteiger charge is 2.39. The molecule has 5 aromatic rings. The smallest absolute Gasteiger partial charge is 0.255 e. The maximum Gasteiger partial charge on any atom is 0.255 e. The molecule has 4 aliphatic heterocycles. The Bertz CT molecular complexity index is 2350. The summed E-state index contributed by atoms with van der Waals surface area (Å²) in [5, 5.41) is 15.5. The van der Waals surface area contributed by atoms with Crippen LogP contribution in [0, 0.1) is 11.7 Å². The zero-order valence-corrected chi connectivity index (χ0v) is 33.0. The van der Waals surface area contributed by atoms with Crippen LogP contribution in [0.2, 0.25) is 0 Å². The van der Waals surface area contributed by atoms with Gasteiger partial charge in [0.2, 0.25) is 11.8 Å². The predicted molar refractivity (Wildman–Crippen MR) is 217 cm³/mol. The number of nitrogens with two attached hydrogens (primary N) is 1. The maximum absolute atomic E-state index is 14.3. The van der Waals surface area contributed by atoms with E-state index in [1.54, 1.807) is 29.6 Å². The largest absolute Gasteiger partial charge is 0.482 e. The summed E-state index contributed by atoms with van der Waals surface area (Å²) in [6.45, 7) is 7.32. The summed E-state index contributed by atoms with van der Waals surface area (Å²) in [5.74, 6) is 0.119. The lowest BCUT2D eigenvalue weighted by atomic mass is 9.92. The van der Waals surface area contributed by atoms with E-state index < -0.39 is 12.1 Å². The number of anilines is 2. The molecule has 16 heteroatoms. The van der Waals surface area contributed by atoms with Gasteiger partial charge < -0.3 is 25.2 Å². The van der Waals surface area contributed by atoms with Crippen molar-refractivity contribution in [2.75, 3.05) is 43.4 Å². The summed E-state index contributed by atoms with van der Waals surface area (Å²) in [6.07, 6.45) is 14.3. The quantitative estimate of drug-likeness (QED) is 0.171. The molecule has 3 fully saturated rings. The van der Waals surface area contributed by atoms with Gasteiger partial charge in [-0.2, -0.15) is 20.1 Å². The highest BCUT2D eigenvalue weighted by atomic mass is 19.1. The molecule has 3 amide bonds. The van der Waals surface area contributed by atoms with Crippen LogP contribution in [0.4, 0.5) is 15.9 Å². The number of amides is 3. The number of benzene rings is 2. The Balaban J connectivity index is 0.742. The van der Waals surface area contributed by atoms with E-state index in [-0.39, 0.29) is 35.8 Å². The standard InChI is InChI=1S/C43H48FN11O4/c1-27(36-22-32(44)2-5-37(36)55-47-13-14-48-55)59-39-21-29(23-46-41(39)45)31-24-49-54(26-31)33-11-16-51(17-12-33)15-8-28-9-18-52(19-10-28)34-3-4-35-30(20-34)25-53(43(35)58)38-6-7-40(56)50-42(38)57/h2-5,13-14,20-24,26-28,33,38H,6-12,15-19,25H2,1H3,(H2,45,46)(H,50,56,57)/t27-,38?/m1/s1. The molecule has 306 valence electrons. The number of rotatable bonds is 11. The van der Waals surface area contributed by atoms with Gasteiger partial charge in [0.15, 0.2) is 11.6 Å². The molecule has 0 aliphatic carbocycles. The Morgan fingerprint density at radius 3 is 2.49 bits per heavy atom. The third-order valence-electron chi connectivity index (χ3n) is 12.5. The molecule has 9 rings (SSSR count). The number of likely N-dealkylation sites (tertiary alicyclic amines) is 1. The fraction of sp³-hybridized carbons (Fsp3) is 0.419. The topological polar surface area (TPSA) is 170 Å². The van der Waals surface area contributed by atoms with Gasteiger partial charge in [0.05, 0.1) is 30.3 Å². The first-order valence-corrected chi connectivity index (χ1v) is 20.5.